The van der Waals surface area contributed by atoms with Gasteiger partial charge >= 0.3 is 0 Å². The predicted molar refractivity (Wildman–Crippen MR) is 116 cm³/mol. The van der Waals surface area contributed by atoms with E-state index in [9.17, 15) is 4.79 Å². The molecule has 0 saturated carbocycles. The predicted octanol–water partition coefficient (Wildman–Crippen LogP) is 5.09. The van der Waals surface area contributed by atoms with E-state index in [0.717, 1.165) is 35.2 Å². The van der Waals surface area contributed by atoms with Gasteiger partial charge in [-0.1, -0.05) is 43.1 Å². The van der Waals surface area contributed by atoms with Crippen molar-refractivity contribution in [1.29, 1.82) is 0 Å². The van der Waals surface area contributed by atoms with Crippen molar-refractivity contribution in [2.45, 2.75) is 25.8 Å². The van der Waals surface area contributed by atoms with Crippen LogP contribution in [-0.2, 0) is 0 Å². The SMILES string of the molecule is CCCCN1C(=O)c2[nH]nc(-c3ccc(Cl)cc3)c2C1c1ccc(OC)c(OC)c1. The van der Waals surface area contributed by atoms with E-state index in [1.807, 2.05) is 47.4 Å². The maximum Gasteiger partial charge on any atom is 0.273 e. The molecule has 0 aliphatic carbocycles. The number of nitrogens with zero attached hydrogens (tertiary/aromatic N) is 2. The van der Waals surface area contributed by atoms with Crippen LogP contribution in [0.4, 0.5) is 0 Å². The molecule has 0 spiro atoms. The van der Waals surface area contributed by atoms with E-state index >= 15 is 0 Å². The minimum atomic E-state index is -0.261. The average molecular weight is 426 g/mol. The molecule has 1 aromatic heterocycles. The average Bonchev–Trinajstić information content (AvgIpc) is 3.31. The van der Waals surface area contributed by atoms with Gasteiger partial charge in [0.15, 0.2) is 11.5 Å². The number of amides is 1. The van der Waals surface area contributed by atoms with Gasteiger partial charge in [0, 0.05) is 22.7 Å². The maximum atomic E-state index is 13.2. The van der Waals surface area contributed by atoms with Crippen molar-refractivity contribution in [3.8, 4) is 22.8 Å². The summed E-state index contributed by atoms with van der Waals surface area (Å²) in [4.78, 5) is 15.2. The first kappa shape index (κ1) is 20.3. The first-order valence-corrected chi connectivity index (χ1v) is 10.3. The lowest BCUT2D eigenvalue weighted by Crippen LogP contribution is -2.30. The van der Waals surface area contributed by atoms with E-state index in [2.05, 4.69) is 17.1 Å². The molecule has 4 rings (SSSR count). The van der Waals surface area contributed by atoms with Crippen LogP contribution in [0.2, 0.25) is 5.02 Å². The Balaban J connectivity index is 1.86. The van der Waals surface area contributed by atoms with E-state index in [0.29, 0.717) is 28.8 Å². The third-order valence-corrected chi connectivity index (χ3v) is 5.71. The second kappa shape index (κ2) is 8.40. The molecular formula is C23H24ClN3O3. The molecule has 0 fully saturated rings. The van der Waals surface area contributed by atoms with Crippen LogP contribution in [0.25, 0.3) is 11.3 Å². The number of ether oxygens (including phenoxy) is 2. The Hall–Kier alpha value is -2.99. The lowest BCUT2D eigenvalue weighted by Gasteiger charge is -2.27. The van der Waals surface area contributed by atoms with Crippen molar-refractivity contribution in [2.24, 2.45) is 0 Å². The number of hydrogen-bond donors (Lipinski definition) is 1. The molecule has 2 heterocycles. The summed E-state index contributed by atoms with van der Waals surface area (Å²) in [5.41, 5.74) is 4.04. The number of hydrogen-bond acceptors (Lipinski definition) is 4. The molecular weight excluding hydrogens is 402 g/mol. The van der Waals surface area contributed by atoms with Gasteiger partial charge in [-0.15, -0.1) is 0 Å². The van der Waals surface area contributed by atoms with Crippen molar-refractivity contribution < 1.29 is 14.3 Å². The Kier molecular flexibility index (Phi) is 5.68. The molecule has 0 bridgehead atoms. The van der Waals surface area contributed by atoms with Gasteiger partial charge in [-0.3, -0.25) is 9.89 Å². The van der Waals surface area contributed by atoms with Crippen LogP contribution in [-0.4, -0.2) is 41.8 Å². The molecule has 2 aromatic carbocycles. The quantitative estimate of drug-likeness (QED) is 0.572. The Labute approximate surface area is 180 Å². The number of aromatic nitrogens is 2. The minimum absolute atomic E-state index is 0.0362. The van der Waals surface area contributed by atoms with Crippen molar-refractivity contribution in [2.75, 3.05) is 20.8 Å². The van der Waals surface area contributed by atoms with Crippen molar-refractivity contribution >= 4 is 17.5 Å². The van der Waals surface area contributed by atoms with Crippen molar-refractivity contribution in [3.63, 3.8) is 0 Å². The van der Waals surface area contributed by atoms with Crippen molar-refractivity contribution in [3.05, 3.63) is 64.3 Å². The number of fused-ring (bicyclic) bond motifs is 1. The summed E-state index contributed by atoms with van der Waals surface area (Å²) in [5, 5.41) is 8.12. The molecule has 1 aliphatic rings. The summed E-state index contributed by atoms with van der Waals surface area (Å²) in [6, 6.07) is 13.0. The fourth-order valence-electron chi connectivity index (χ4n) is 3.95. The van der Waals surface area contributed by atoms with Crippen LogP contribution in [0.3, 0.4) is 0 Å². The van der Waals surface area contributed by atoms with Crippen LogP contribution in [0, 0.1) is 0 Å². The van der Waals surface area contributed by atoms with Crippen molar-refractivity contribution in [1.82, 2.24) is 15.1 Å². The van der Waals surface area contributed by atoms with Gasteiger partial charge in [0.1, 0.15) is 5.69 Å². The summed E-state index contributed by atoms with van der Waals surface area (Å²) in [7, 11) is 3.22. The number of halogens is 1. The highest BCUT2D eigenvalue weighted by Crippen LogP contribution is 2.44. The molecule has 156 valence electrons. The molecule has 1 unspecified atom stereocenters. The van der Waals surface area contributed by atoms with Gasteiger partial charge < -0.3 is 14.4 Å². The van der Waals surface area contributed by atoms with E-state index in [1.165, 1.54) is 0 Å². The summed E-state index contributed by atoms with van der Waals surface area (Å²) >= 11 is 6.06. The largest absolute Gasteiger partial charge is 0.493 e. The number of benzene rings is 2. The second-order valence-corrected chi connectivity index (χ2v) is 7.67. The number of carbonyl (C=O) groups excluding carboxylic acids is 1. The molecule has 0 saturated heterocycles. The number of H-pyrrole nitrogens is 1. The Morgan fingerprint density at radius 2 is 1.83 bits per heavy atom. The molecule has 1 aliphatic heterocycles. The zero-order valence-corrected chi connectivity index (χ0v) is 18.0. The van der Waals surface area contributed by atoms with Crippen LogP contribution in [0.1, 0.15) is 47.4 Å². The third kappa shape index (κ3) is 3.41. The van der Waals surface area contributed by atoms with E-state index in [-0.39, 0.29) is 11.9 Å². The number of rotatable bonds is 7. The topological polar surface area (TPSA) is 67.5 Å². The molecule has 0 radical (unpaired) electrons. The van der Waals surface area contributed by atoms with Gasteiger partial charge in [-0.2, -0.15) is 5.10 Å². The first-order valence-electron chi connectivity index (χ1n) is 9.96. The fourth-order valence-corrected chi connectivity index (χ4v) is 4.08. The van der Waals surface area contributed by atoms with Gasteiger partial charge in [0.2, 0.25) is 0 Å². The smallest absolute Gasteiger partial charge is 0.273 e. The number of carbonyl (C=O) groups is 1. The molecule has 7 heteroatoms. The Bertz CT molecular complexity index is 1060. The highest BCUT2D eigenvalue weighted by atomic mass is 35.5. The van der Waals surface area contributed by atoms with E-state index in [1.54, 1.807) is 14.2 Å². The highest BCUT2D eigenvalue weighted by molar-refractivity contribution is 6.30. The lowest BCUT2D eigenvalue weighted by atomic mass is 9.95. The lowest BCUT2D eigenvalue weighted by molar-refractivity contribution is 0.0741. The second-order valence-electron chi connectivity index (χ2n) is 7.24. The standard InChI is InChI=1S/C23H24ClN3O3/c1-4-5-12-27-22(15-8-11-17(29-2)18(13-15)30-3)19-20(25-26-21(19)23(27)28)14-6-9-16(24)10-7-14/h6-11,13,22H,4-5,12H2,1-3H3,(H,25,26). The van der Waals surface area contributed by atoms with E-state index in [4.69, 9.17) is 21.1 Å². The van der Waals surface area contributed by atoms with Gasteiger partial charge in [0.25, 0.3) is 5.91 Å². The van der Waals surface area contributed by atoms with Crippen LogP contribution < -0.4 is 9.47 Å². The van der Waals surface area contributed by atoms with Crippen LogP contribution in [0.5, 0.6) is 11.5 Å². The molecule has 6 nitrogen and oxygen atoms in total. The van der Waals surface area contributed by atoms with Crippen LogP contribution >= 0.6 is 11.6 Å². The van der Waals surface area contributed by atoms with Gasteiger partial charge in [-0.05, 0) is 36.2 Å². The Morgan fingerprint density at radius 1 is 1.10 bits per heavy atom. The van der Waals surface area contributed by atoms with Crippen LogP contribution in [0.15, 0.2) is 42.5 Å². The van der Waals surface area contributed by atoms with Gasteiger partial charge in [0.05, 0.1) is 26.0 Å². The minimum Gasteiger partial charge on any atom is -0.493 e. The third-order valence-electron chi connectivity index (χ3n) is 5.46. The van der Waals surface area contributed by atoms with E-state index < -0.39 is 0 Å². The summed E-state index contributed by atoms with van der Waals surface area (Å²) in [5.74, 6) is 1.24. The Morgan fingerprint density at radius 3 is 2.50 bits per heavy atom. The molecule has 1 atom stereocenters. The number of nitrogens with one attached hydrogen (secondary N) is 1. The molecule has 1 amide bonds. The zero-order chi connectivity index (χ0) is 21.3. The number of unbranched alkanes of at least 4 members (excludes halogenated alkanes) is 1. The fraction of sp³-hybridized carbons (Fsp3) is 0.304. The number of methoxy groups -OCH3 is 2. The summed E-state index contributed by atoms with van der Waals surface area (Å²) in [6.07, 6.45) is 1.92. The highest BCUT2D eigenvalue weighted by Gasteiger charge is 2.42. The number of aromatic amines is 1. The first-order chi connectivity index (χ1) is 14.6. The maximum absolute atomic E-state index is 13.2. The molecule has 30 heavy (non-hydrogen) atoms. The zero-order valence-electron chi connectivity index (χ0n) is 17.2. The normalized spacial score (nSPS) is 15.4. The summed E-state index contributed by atoms with van der Waals surface area (Å²) in [6.45, 7) is 2.78. The molecule has 3 aromatic rings. The summed E-state index contributed by atoms with van der Waals surface area (Å²) < 4.78 is 10.9. The monoisotopic (exact) mass is 425 g/mol. The molecule has 1 N–H and O–H groups in total. The van der Waals surface area contributed by atoms with Gasteiger partial charge in [-0.25, -0.2) is 0 Å².